The molecule has 1 aliphatic heterocycles. The van der Waals surface area contributed by atoms with Crippen LogP contribution >= 0.6 is 0 Å². The second kappa shape index (κ2) is 5.57. The van der Waals surface area contributed by atoms with Crippen molar-refractivity contribution in [3.8, 4) is 11.5 Å². The molecule has 0 spiro atoms. The van der Waals surface area contributed by atoms with Gasteiger partial charge >= 0.3 is 5.97 Å². The van der Waals surface area contributed by atoms with Gasteiger partial charge < -0.3 is 14.6 Å². The molecule has 0 bridgehead atoms. The van der Waals surface area contributed by atoms with Crippen LogP contribution in [0, 0.1) is 5.92 Å². The van der Waals surface area contributed by atoms with Gasteiger partial charge in [-0.25, -0.2) is 4.79 Å². The maximum Gasteiger partial charge on any atom is 0.328 e. The highest BCUT2D eigenvalue weighted by molar-refractivity contribution is 5.91. The molecule has 0 unspecified atom stereocenters. The number of carbonyl (C=O) groups is 1. The van der Waals surface area contributed by atoms with Gasteiger partial charge in [0.05, 0.1) is 13.2 Å². The summed E-state index contributed by atoms with van der Waals surface area (Å²) < 4.78 is 11.3. The SMILES string of the molecule is O=C(O)/C=C(/c1ccc2c(c1)OCCCO2)C1CCC1. The molecule has 106 valence electrons. The number of aliphatic carboxylic acids is 1. The van der Waals surface area contributed by atoms with E-state index in [1.807, 2.05) is 18.2 Å². The van der Waals surface area contributed by atoms with Gasteiger partial charge in [0.25, 0.3) is 0 Å². The van der Waals surface area contributed by atoms with Crippen LogP contribution in [0.25, 0.3) is 5.57 Å². The van der Waals surface area contributed by atoms with Gasteiger partial charge in [-0.05, 0) is 42.0 Å². The summed E-state index contributed by atoms with van der Waals surface area (Å²) in [6.45, 7) is 1.30. The monoisotopic (exact) mass is 274 g/mol. The Balaban J connectivity index is 1.95. The third kappa shape index (κ3) is 2.64. The Labute approximate surface area is 118 Å². The molecule has 1 N–H and O–H groups in total. The summed E-state index contributed by atoms with van der Waals surface area (Å²) >= 11 is 0. The normalized spacial score (nSPS) is 19.1. The lowest BCUT2D eigenvalue weighted by Gasteiger charge is -2.28. The Kier molecular flexibility index (Phi) is 3.63. The number of benzene rings is 1. The van der Waals surface area contributed by atoms with E-state index in [1.54, 1.807) is 0 Å². The number of rotatable bonds is 3. The first kappa shape index (κ1) is 13.0. The van der Waals surface area contributed by atoms with Crippen LogP contribution in [0.15, 0.2) is 24.3 Å². The molecule has 0 saturated heterocycles. The van der Waals surface area contributed by atoms with Gasteiger partial charge in [0.2, 0.25) is 0 Å². The number of hydrogen-bond acceptors (Lipinski definition) is 3. The Morgan fingerprint density at radius 2 is 1.90 bits per heavy atom. The van der Waals surface area contributed by atoms with E-state index in [4.69, 9.17) is 14.6 Å². The predicted molar refractivity (Wildman–Crippen MR) is 75.0 cm³/mol. The van der Waals surface area contributed by atoms with Crippen molar-refractivity contribution >= 4 is 11.5 Å². The fourth-order valence-electron chi connectivity index (χ4n) is 2.63. The molecule has 1 saturated carbocycles. The second-order valence-corrected chi connectivity index (χ2v) is 5.28. The Morgan fingerprint density at radius 3 is 2.55 bits per heavy atom. The van der Waals surface area contributed by atoms with E-state index in [-0.39, 0.29) is 0 Å². The summed E-state index contributed by atoms with van der Waals surface area (Å²) in [4.78, 5) is 11.0. The topological polar surface area (TPSA) is 55.8 Å². The average molecular weight is 274 g/mol. The predicted octanol–water partition coefficient (Wildman–Crippen LogP) is 3.12. The van der Waals surface area contributed by atoms with Crippen LogP contribution in [0.3, 0.4) is 0 Å². The van der Waals surface area contributed by atoms with Gasteiger partial charge in [-0.1, -0.05) is 12.5 Å². The van der Waals surface area contributed by atoms with E-state index in [0.717, 1.165) is 41.9 Å². The van der Waals surface area contributed by atoms with Gasteiger partial charge in [0.15, 0.2) is 11.5 Å². The van der Waals surface area contributed by atoms with E-state index in [0.29, 0.717) is 19.1 Å². The molecular formula is C16H18O4. The number of carboxylic acid groups (broad SMARTS) is 1. The summed E-state index contributed by atoms with van der Waals surface area (Å²) in [5, 5.41) is 9.06. The minimum Gasteiger partial charge on any atom is -0.490 e. The Hall–Kier alpha value is -1.97. The summed E-state index contributed by atoms with van der Waals surface area (Å²) in [5.41, 5.74) is 1.83. The molecule has 3 rings (SSSR count). The third-order valence-electron chi connectivity index (χ3n) is 3.90. The summed E-state index contributed by atoms with van der Waals surface area (Å²) in [6, 6.07) is 5.72. The van der Waals surface area contributed by atoms with Crippen LogP contribution < -0.4 is 9.47 Å². The van der Waals surface area contributed by atoms with Crippen LogP contribution in [0.5, 0.6) is 11.5 Å². The highest BCUT2D eigenvalue weighted by atomic mass is 16.5. The molecular weight excluding hydrogens is 256 g/mol. The largest absolute Gasteiger partial charge is 0.490 e. The first-order valence-corrected chi connectivity index (χ1v) is 7.08. The molecule has 2 aliphatic rings. The lowest BCUT2D eigenvalue weighted by Crippen LogP contribution is -2.14. The molecule has 20 heavy (non-hydrogen) atoms. The quantitative estimate of drug-likeness (QED) is 0.860. The van der Waals surface area contributed by atoms with Gasteiger partial charge in [0, 0.05) is 12.5 Å². The Bertz CT molecular complexity index is 543. The highest BCUT2D eigenvalue weighted by Crippen LogP contribution is 2.41. The average Bonchev–Trinajstić information content (AvgIpc) is 2.59. The van der Waals surface area contributed by atoms with E-state index in [2.05, 4.69) is 0 Å². The van der Waals surface area contributed by atoms with Crippen molar-refractivity contribution in [3.05, 3.63) is 29.8 Å². The summed E-state index contributed by atoms with van der Waals surface area (Å²) in [6.07, 6.45) is 5.50. The fraction of sp³-hybridized carbons (Fsp3) is 0.438. The number of ether oxygens (including phenoxy) is 2. The van der Waals surface area contributed by atoms with Crippen molar-refractivity contribution in [1.29, 1.82) is 0 Å². The van der Waals surface area contributed by atoms with Crippen molar-refractivity contribution in [1.82, 2.24) is 0 Å². The minimum absolute atomic E-state index is 0.357. The molecule has 4 nitrogen and oxygen atoms in total. The molecule has 1 aromatic carbocycles. The molecule has 0 atom stereocenters. The number of hydrogen-bond donors (Lipinski definition) is 1. The zero-order valence-electron chi connectivity index (χ0n) is 11.3. The van der Waals surface area contributed by atoms with Crippen LogP contribution in [-0.4, -0.2) is 24.3 Å². The van der Waals surface area contributed by atoms with Gasteiger partial charge in [-0.15, -0.1) is 0 Å². The first-order chi connectivity index (χ1) is 9.74. The van der Waals surface area contributed by atoms with E-state index in [1.165, 1.54) is 12.5 Å². The van der Waals surface area contributed by atoms with Crippen molar-refractivity contribution in [2.75, 3.05) is 13.2 Å². The van der Waals surface area contributed by atoms with Crippen molar-refractivity contribution in [3.63, 3.8) is 0 Å². The molecule has 1 aliphatic carbocycles. The van der Waals surface area contributed by atoms with Crippen LogP contribution in [0.1, 0.15) is 31.2 Å². The molecule has 4 heteroatoms. The number of fused-ring (bicyclic) bond motifs is 1. The van der Waals surface area contributed by atoms with Crippen molar-refractivity contribution in [2.45, 2.75) is 25.7 Å². The first-order valence-electron chi connectivity index (χ1n) is 7.08. The van der Waals surface area contributed by atoms with Gasteiger partial charge in [0.1, 0.15) is 0 Å². The van der Waals surface area contributed by atoms with Crippen LogP contribution in [-0.2, 0) is 4.79 Å². The zero-order valence-corrected chi connectivity index (χ0v) is 11.3. The number of allylic oxidation sites excluding steroid dienone is 1. The van der Waals surface area contributed by atoms with Gasteiger partial charge in [-0.3, -0.25) is 0 Å². The molecule has 1 aromatic rings. The molecule has 1 heterocycles. The maximum atomic E-state index is 11.0. The number of carboxylic acids is 1. The smallest absolute Gasteiger partial charge is 0.328 e. The lowest BCUT2D eigenvalue weighted by atomic mass is 9.77. The third-order valence-corrected chi connectivity index (χ3v) is 3.90. The molecule has 0 amide bonds. The van der Waals surface area contributed by atoms with E-state index in [9.17, 15) is 4.79 Å². The maximum absolute atomic E-state index is 11.0. The Morgan fingerprint density at radius 1 is 1.15 bits per heavy atom. The van der Waals surface area contributed by atoms with E-state index < -0.39 is 5.97 Å². The minimum atomic E-state index is -0.890. The van der Waals surface area contributed by atoms with Crippen molar-refractivity contribution in [2.24, 2.45) is 5.92 Å². The van der Waals surface area contributed by atoms with E-state index >= 15 is 0 Å². The highest BCUT2D eigenvalue weighted by Gasteiger charge is 2.24. The lowest BCUT2D eigenvalue weighted by molar-refractivity contribution is -0.131. The van der Waals surface area contributed by atoms with Crippen molar-refractivity contribution < 1.29 is 19.4 Å². The fourth-order valence-corrected chi connectivity index (χ4v) is 2.63. The van der Waals surface area contributed by atoms with Crippen LogP contribution in [0.2, 0.25) is 0 Å². The van der Waals surface area contributed by atoms with Gasteiger partial charge in [-0.2, -0.15) is 0 Å². The summed E-state index contributed by atoms with van der Waals surface area (Å²) in [5.74, 6) is 0.931. The zero-order chi connectivity index (χ0) is 13.9. The summed E-state index contributed by atoms with van der Waals surface area (Å²) in [7, 11) is 0. The molecule has 0 aromatic heterocycles. The molecule has 0 radical (unpaired) electrons. The standard InChI is InChI=1S/C16H18O4/c17-16(18)10-13(11-3-1-4-11)12-5-6-14-15(9-12)20-8-2-7-19-14/h5-6,9-11H,1-4,7-8H2,(H,17,18)/b13-10+. The molecule has 1 fully saturated rings. The van der Waals surface area contributed by atoms with Crippen LogP contribution in [0.4, 0.5) is 0 Å². The second-order valence-electron chi connectivity index (χ2n) is 5.28.